The van der Waals surface area contributed by atoms with Gasteiger partial charge in [-0.25, -0.2) is 4.99 Å². The second-order valence-corrected chi connectivity index (χ2v) is 5.69. The minimum Gasteiger partial charge on any atom is -0.507 e. The van der Waals surface area contributed by atoms with Gasteiger partial charge in [-0.3, -0.25) is 15.0 Å². The van der Waals surface area contributed by atoms with Gasteiger partial charge in [0.25, 0.3) is 5.56 Å². The number of aliphatic imine (C=N–C) groups is 1. The van der Waals surface area contributed by atoms with Crippen LogP contribution in [0.25, 0.3) is 0 Å². The maximum atomic E-state index is 11.8. The third kappa shape index (κ3) is 3.66. The summed E-state index contributed by atoms with van der Waals surface area (Å²) in [5.74, 6) is 0.318. The smallest absolute Gasteiger partial charge is 0.294 e. The van der Waals surface area contributed by atoms with E-state index in [0.29, 0.717) is 11.3 Å². The second-order valence-electron chi connectivity index (χ2n) is 4.77. The first-order valence-electron chi connectivity index (χ1n) is 6.93. The van der Waals surface area contributed by atoms with Crippen LogP contribution in [0.1, 0.15) is 5.56 Å². The number of hydrogen-bond donors (Lipinski definition) is 3. The van der Waals surface area contributed by atoms with Crippen molar-refractivity contribution in [1.82, 2.24) is 10.2 Å². The average molecular weight is 386 g/mol. The maximum Gasteiger partial charge on any atom is 0.294 e. The standard InChI is InChI=1S/C16H12BrN5O2/c17-11-5-3-6-12(8-11)19-20-14-15(21-22-16(14)24)18-9-10-4-1-2-7-13(10)23/h1-9,23H,(H2,21,22,24). The van der Waals surface area contributed by atoms with Crippen molar-refractivity contribution in [2.75, 3.05) is 0 Å². The van der Waals surface area contributed by atoms with Gasteiger partial charge in [0.1, 0.15) is 5.75 Å². The van der Waals surface area contributed by atoms with Crippen LogP contribution in [0.5, 0.6) is 5.75 Å². The number of azo groups is 1. The number of benzene rings is 2. The van der Waals surface area contributed by atoms with Crippen molar-refractivity contribution in [2.45, 2.75) is 0 Å². The molecule has 0 atom stereocenters. The minimum atomic E-state index is -0.432. The molecule has 0 aliphatic rings. The molecule has 0 bridgehead atoms. The van der Waals surface area contributed by atoms with Crippen LogP contribution in [0.2, 0.25) is 0 Å². The van der Waals surface area contributed by atoms with Gasteiger partial charge in [0, 0.05) is 16.3 Å². The van der Waals surface area contributed by atoms with Crippen LogP contribution < -0.4 is 5.56 Å². The van der Waals surface area contributed by atoms with E-state index in [1.54, 1.807) is 36.4 Å². The van der Waals surface area contributed by atoms with Gasteiger partial charge in [-0.1, -0.05) is 34.1 Å². The Morgan fingerprint density at radius 3 is 2.67 bits per heavy atom. The van der Waals surface area contributed by atoms with E-state index in [4.69, 9.17) is 0 Å². The number of nitrogens with zero attached hydrogens (tertiary/aromatic N) is 3. The molecule has 3 rings (SSSR count). The van der Waals surface area contributed by atoms with Crippen LogP contribution in [0, 0.1) is 0 Å². The Hall–Kier alpha value is -3.00. The predicted octanol–water partition coefficient (Wildman–Crippen LogP) is 4.34. The van der Waals surface area contributed by atoms with Gasteiger partial charge >= 0.3 is 0 Å². The Balaban J connectivity index is 1.89. The summed E-state index contributed by atoms with van der Waals surface area (Å²) < 4.78 is 0.861. The molecule has 0 saturated heterocycles. The molecule has 0 saturated carbocycles. The summed E-state index contributed by atoms with van der Waals surface area (Å²) in [5.41, 5.74) is 0.745. The molecule has 24 heavy (non-hydrogen) atoms. The average Bonchev–Trinajstić information content (AvgIpc) is 2.92. The van der Waals surface area contributed by atoms with Crippen molar-refractivity contribution >= 4 is 39.3 Å². The van der Waals surface area contributed by atoms with E-state index in [-0.39, 0.29) is 17.3 Å². The monoisotopic (exact) mass is 385 g/mol. The van der Waals surface area contributed by atoms with E-state index in [1.807, 2.05) is 12.1 Å². The fourth-order valence-electron chi connectivity index (χ4n) is 1.90. The van der Waals surface area contributed by atoms with E-state index < -0.39 is 5.56 Å². The number of phenolic OH excluding ortho intramolecular Hbond substituents is 1. The number of phenols is 1. The normalized spacial score (nSPS) is 11.5. The van der Waals surface area contributed by atoms with Crippen molar-refractivity contribution in [3.05, 3.63) is 68.9 Å². The topological polar surface area (TPSA) is 106 Å². The number of para-hydroxylation sites is 1. The Morgan fingerprint density at radius 2 is 1.88 bits per heavy atom. The number of aromatic hydroxyl groups is 1. The van der Waals surface area contributed by atoms with Gasteiger partial charge < -0.3 is 5.11 Å². The van der Waals surface area contributed by atoms with Gasteiger partial charge in [-0.15, -0.1) is 5.11 Å². The molecular formula is C16H12BrN5O2. The van der Waals surface area contributed by atoms with Gasteiger partial charge in [0.2, 0.25) is 0 Å². The molecule has 0 aliphatic carbocycles. The van der Waals surface area contributed by atoms with Crippen LogP contribution in [0.15, 0.2) is 73.0 Å². The molecule has 1 heterocycles. The fourth-order valence-corrected chi connectivity index (χ4v) is 2.29. The zero-order valence-electron chi connectivity index (χ0n) is 12.3. The number of H-pyrrole nitrogens is 2. The van der Waals surface area contributed by atoms with Crippen molar-refractivity contribution in [3.8, 4) is 5.75 Å². The van der Waals surface area contributed by atoms with Crippen LogP contribution in [-0.2, 0) is 0 Å². The van der Waals surface area contributed by atoms with Crippen molar-refractivity contribution in [2.24, 2.45) is 15.2 Å². The zero-order chi connectivity index (χ0) is 16.9. The van der Waals surface area contributed by atoms with Gasteiger partial charge in [0.15, 0.2) is 11.5 Å². The summed E-state index contributed by atoms with van der Waals surface area (Å²) >= 11 is 3.34. The second kappa shape index (κ2) is 7.05. The summed E-state index contributed by atoms with van der Waals surface area (Å²) in [4.78, 5) is 16.0. The number of halogens is 1. The molecule has 7 nitrogen and oxygen atoms in total. The third-order valence-corrected chi connectivity index (χ3v) is 3.57. The number of aromatic nitrogens is 2. The number of nitrogens with one attached hydrogen (secondary N) is 2. The number of aromatic amines is 2. The van der Waals surface area contributed by atoms with E-state index in [9.17, 15) is 9.90 Å². The van der Waals surface area contributed by atoms with Crippen LogP contribution in [0.4, 0.5) is 17.2 Å². The van der Waals surface area contributed by atoms with E-state index in [2.05, 4.69) is 41.3 Å². The molecule has 3 N–H and O–H groups in total. The van der Waals surface area contributed by atoms with E-state index >= 15 is 0 Å². The van der Waals surface area contributed by atoms with Crippen molar-refractivity contribution in [1.29, 1.82) is 0 Å². The molecule has 0 fully saturated rings. The summed E-state index contributed by atoms with van der Waals surface area (Å²) in [7, 11) is 0. The first kappa shape index (κ1) is 15.9. The summed E-state index contributed by atoms with van der Waals surface area (Å²) in [6, 6.07) is 14.0. The lowest BCUT2D eigenvalue weighted by atomic mass is 10.2. The largest absolute Gasteiger partial charge is 0.507 e. The first-order chi connectivity index (χ1) is 11.6. The Bertz CT molecular complexity index is 974. The lowest BCUT2D eigenvalue weighted by Crippen LogP contribution is -1.96. The van der Waals surface area contributed by atoms with Crippen molar-refractivity contribution < 1.29 is 5.11 Å². The van der Waals surface area contributed by atoms with Gasteiger partial charge in [-0.05, 0) is 30.3 Å². The molecule has 0 aliphatic heterocycles. The summed E-state index contributed by atoms with van der Waals surface area (Å²) in [6.07, 6.45) is 1.44. The molecule has 0 unspecified atom stereocenters. The number of hydrogen-bond acceptors (Lipinski definition) is 5. The Morgan fingerprint density at radius 1 is 1.04 bits per heavy atom. The molecule has 2 aromatic carbocycles. The Kier molecular flexibility index (Phi) is 4.66. The van der Waals surface area contributed by atoms with Gasteiger partial charge in [-0.2, -0.15) is 5.11 Å². The van der Waals surface area contributed by atoms with Crippen LogP contribution >= 0.6 is 15.9 Å². The third-order valence-electron chi connectivity index (χ3n) is 3.08. The molecule has 0 spiro atoms. The van der Waals surface area contributed by atoms with E-state index in [1.165, 1.54) is 6.21 Å². The lowest BCUT2D eigenvalue weighted by molar-refractivity contribution is 0.474. The molecule has 0 amide bonds. The van der Waals surface area contributed by atoms with Crippen molar-refractivity contribution in [3.63, 3.8) is 0 Å². The fraction of sp³-hybridized carbons (Fsp3) is 0. The van der Waals surface area contributed by atoms with E-state index in [0.717, 1.165) is 4.47 Å². The highest BCUT2D eigenvalue weighted by Gasteiger charge is 2.08. The molecule has 8 heteroatoms. The van der Waals surface area contributed by atoms with Crippen LogP contribution in [0.3, 0.4) is 0 Å². The molecular weight excluding hydrogens is 374 g/mol. The highest BCUT2D eigenvalue weighted by Crippen LogP contribution is 2.25. The SMILES string of the molecule is O=c1[nH][nH]c(N=Cc2ccccc2O)c1N=Nc1cccc(Br)c1. The summed E-state index contributed by atoms with van der Waals surface area (Å²) in [5, 5.41) is 22.8. The molecule has 3 aromatic rings. The number of rotatable bonds is 4. The first-order valence-corrected chi connectivity index (χ1v) is 7.73. The van der Waals surface area contributed by atoms with Gasteiger partial charge in [0.05, 0.1) is 5.69 Å². The highest BCUT2D eigenvalue weighted by atomic mass is 79.9. The quantitative estimate of drug-likeness (QED) is 0.458. The maximum absolute atomic E-state index is 11.8. The minimum absolute atomic E-state index is 0.0571. The zero-order valence-corrected chi connectivity index (χ0v) is 13.9. The highest BCUT2D eigenvalue weighted by molar-refractivity contribution is 9.10. The summed E-state index contributed by atoms with van der Waals surface area (Å²) in [6.45, 7) is 0. The molecule has 120 valence electrons. The molecule has 0 radical (unpaired) electrons. The molecule has 1 aromatic heterocycles. The van der Waals surface area contributed by atoms with Crippen LogP contribution in [-0.4, -0.2) is 21.5 Å². The lowest BCUT2D eigenvalue weighted by Gasteiger charge is -1.96. The predicted molar refractivity (Wildman–Crippen MR) is 95.1 cm³/mol. The Labute approximate surface area is 144 Å².